The number of benzene rings is 1. The predicted molar refractivity (Wildman–Crippen MR) is 129 cm³/mol. The number of anilines is 1. The minimum atomic E-state index is -3.78. The van der Waals surface area contributed by atoms with Gasteiger partial charge in [0.1, 0.15) is 4.90 Å². The molecule has 0 radical (unpaired) electrons. The van der Waals surface area contributed by atoms with Gasteiger partial charge in [-0.05, 0) is 24.6 Å². The third kappa shape index (κ3) is 4.55. The van der Waals surface area contributed by atoms with Gasteiger partial charge in [0.05, 0.1) is 5.52 Å². The molecule has 1 aromatic carbocycles. The van der Waals surface area contributed by atoms with Crippen LogP contribution in [0.2, 0.25) is 0 Å². The van der Waals surface area contributed by atoms with Crippen LogP contribution in [0.15, 0.2) is 83.7 Å². The summed E-state index contributed by atoms with van der Waals surface area (Å²) in [6.45, 7) is 2.47. The van der Waals surface area contributed by atoms with Crippen molar-refractivity contribution in [2.45, 2.75) is 17.4 Å². The Bertz CT molecular complexity index is 1360. The maximum absolute atomic E-state index is 13.0. The number of nitrogens with one attached hydrogen (secondary N) is 1. The first-order valence-corrected chi connectivity index (χ1v) is 12.6. The molecular weight excluding hydrogens is 452 g/mol. The fourth-order valence-electron chi connectivity index (χ4n) is 4.17. The van der Waals surface area contributed by atoms with Crippen LogP contribution in [0.4, 0.5) is 5.95 Å². The van der Waals surface area contributed by atoms with E-state index in [4.69, 9.17) is 0 Å². The molecule has 0 saturated carbocycles. The molecule has 1 aliphatic carbocycles. The van der Waals surface area contributed by atoms with Crippen LogP contribution < -0.4 is 9.62 Å². The summed E-state index contributed by atoms with van der Waals surface area (Å²) in [5.74, 6) is 0.618. The van der Waals surface area contributed by atoms with Crippen molar-refractivity contribution in [1.29, 1.82) is 0 Å². The second-order valence-corrected chi connectivity index (χ2v) is 9.82. The first-order valence-electron chi connectivity index (χ1n) is 11.1. The zero-order valence-electron chi connectivity index (χ0n) is 18.4. The van der Waals surface area contributed by atoms with E-state index >= 15 is 0 Å². The zero-order chi connectivity index (χ0) is 23.5. The van der Waals surface area contributed by atoms with Gasteiger partial charge in [-0.25, -0.2) is 23.1 Å². The van der Waals surface area contributed by atoms with Gasteiger partial charge in [0.15, 0.2) is 0 Å². The number of para-hydroxylation sites is 1. The fraction of sp³-hybridized carbons (Fsp3) is 0.250. The molecule has 0 bridgehead atoms. The van der Waals surface area contributed by atoms with Crippen LogP contribution in [-0.2, 0) is 14.8 Å². The normalized spacial score (nSPS) is 18.7. The highest BCUT2D eigenvalue weighted by Crippen LogP contribution is 2.22. The van der Waals surface area contributed by atoms with Crippen molar-refractivity contribution in [2.24, 2.45) is 0 Å². The van der Waals surface area contributed by atoms with Crippen molar-refractivity contribution >= 4 is 32.8 Å². The van der Waals surface area contributed by atoms with Gasteiger partial charge in [-0.2, -0.15) is 0 Å². The molecule has 2 aliphatic rings. The summed E-state index contributed by atoms with van der Waals surface area (Å²) in [7, 11) is -3.78. The molecule has 34 heavy (non-hydrogen) atoms. The highest BCUT2D eigenvalue weighted by Gasteiger charge is 2.26. The van der Waals surface area contributed by atoms with E-state index in [0.717, 1.165) is 5.39 Å². The number of piperazine rings is 1. The predicted octanol–water partition coefficient (Wildman–Crippen LogP) is 1.91. The monoisotopic (exact) mass is 476 g/mol. The topological polar surface area (TPSA) is 108 Å². The summed E-state index contributed by atoms with van der Waals surface area (Å²) in [6, 6.07) is 10.0. The van der Waals surface area contributed by atoms with E-state index in [0.29, 0.717) is 49.6 Å². The molecule has 1 saturated heterocycles. The first-order chi connectivity index (χ1) is 16.5. The fourth-order valence-corrected chi connectivity index (χ4v) is 5.55. The number of carbonyl (C=O) groups is 1. The summed E-state index contributed by atoms with van der Waals surface area (Å²) in [5.41, 5.74) is 1.01. The van der Waals surface area contributed by atoms with Gasteiger partial charge in [-0.3, -0.25) is 9.78 Å². The minimum absolute atomic E-state index is 0.0514. The molecule has 0 spiro atoms. The highest BCUT2D eigenvalue weighted by molar-refractivity contribution is 7.89. The summed E-state index contributed by atoms with van der Waals surface area (Å²) >= 11 is 0. The van der Waals surface area contributed by atoms with Crippen molar-refractivity contribution in [3.8, 4) is 0 Å². The molecule has 1 atom stereocenters. The second-order valence-electron chi connectivity index (χ2n) is 8.14. The maximum Gasteiger partial charge on any atom is 0.253 e. The third-order valence-electron chi connectivity index (χ3n) is 5.94. The van der Waals surface area contributed by atoms with E-state index in [9.17, 15) is 13.2 Å². The summed E-state index contributed by atoms with van der Waals surface area (Å²) in [4.78, 5) is 29.8. The number of amides is 1. The molecule has 9 nitrogen and oxygen atoms in total. The highest BCUT2D eigenvalue weighted by atomic mass is 32.2. The SMILES string of the molecule is O=C(C1=CCC(NS(=O)(=O)c2cccc3cccnc23)C=C1)N1CCN(c2ncccn2)CC1. The second kappa shape index (κ2) is 9.32. The van der Waals surface area contributed by atoms with Gasteiger partial charge >= 0.3 is 0 Å². The lowest BCUT2D eigenvalue weighted by Crippen LogP contribution is -2.49. The lowest BCUT2D eigenvalue weighted by Gasteiger charge is -2.35. The molecule has 10 heteroatoms. The number of pyridine rings is 1. The number of hydrogen-bond acceptors (Lipinski definition) is 7. The Kier molecular flexibility index (Phi) is 6.08. The van der Waals surface area contributed by atoms with Gasteiger partial charge in [-0.1, -0.05) is 36.4 Å². The number of rotatable bonds is 5. The first kappa shape index (κ1) is 22.2. The lowest BCUT2D eigenvalue weighted by molar-refractivity contribution is -0.127. The average Bonchev–Trinajstić information content (AvgIpc) is 2.89. The number of sulfonamides is 1. The molecule has 1 amide bonds. The molecule has 3 aromatic rings. The van der Waals surface area contributed by atoms with Gasteiger partial charge in [0.2, 0.25) is 16.0 Å². The van der Waals surface area contributed by atoms with Crippen LogP contribution in [0, 0.1) is 0 Å². The quantitative estimate of drug-likeness (QED) is 0.599. The van der Waals surface area contributed by atoms with Crippen molar-refractivity contribution in [1.82, 2.24) is 24.6 Å². The minimum Gasteiger partial charge on any atom is -0.337 e. The Balaban J connectivity index is 1.21. The summed E-state index contributed by atoms with van der Waals surface area (Å²) in [5, 5.41) is 0.760. The van der Waals surface area contributed by atoms with E-state index in [1.165, 1.54) is 0 Å². The van der Waals surface area contributed by atoms with E-state index in [2.05, 4.69) is 24.6 Å². The third-order valence-corrected chi connectivity index (χ3v) is 7.46. The average molecular weight is 477 g/mol. The van der Waals surface area contributed by atoms with Crippen molar-refractivity contribution in [2.75, 3.05) is 31.1 Å². The zero-order valence-corrected chi connectivity index (χ0v) is 19.2. The molecular formula is C24H24N6O3S. The Morgan fingerprint density at radius 2 is 1.68 bits per heavy atom. The molecule has 1 N–H and O–H groups in total. The molecule has 2 aromatic heterocycles. The number of aromatic nitrogens is 3. The largest absolute Gasteiger partial charge is 0.337 e. The Morgan fingerprint density at radius 1 is 0.941 bits per heavy atom. The van der Waals surface area contributed by atoms with E-state index in [-0.39, 0.29) is 10.8 Å². The smallest absolute Gasteiger partial charge is 0.253 e. The molecule has 1 unspecified atom stereocenters. The van der Waals surface area contributed by atoms with Crippen molar-refractivity contribution < 1.29 is 13.2 Å². The molecule has 174 valence electrons. The lowest BCUT2D eigenvalue weighted by atomic mass is 10.0. The molecule has 1 aliphatic heterocycles. The molecule has 1 fully saturated rings. The van der Waals surface area contributed by atoms with Crippen molar-refractivity contribution in [3.63, 3.8) is 0 Å². The Hall–Kier alpha value is -3.63. The number of carbonyl (C=O) groups excluding carboxylic acids is 1. The van der Waals surface area contributed by atoms with E-state index in [1.807, 2.05) is 17.0 Å². The number of nitrogens with zero attached hydrogens (tertiary/aromatic N) is 5. The van der Waals surface area contributed by atoms with Crippen LogP contribution >= 0.6 is 0 Å². The standard InChI is InChI=1S/C24H24N6O3S/c31-23(29-14-16-30(17-15-29)24-26-12-3-13-27-24)19-7-9-20(10-8-19)28-34(32,33)21-6-1-4-18-5-2-11-25-22(18)21/h1-9,11-13,20,28H,10,14-17H2. The van der Waals surface area contributed by atoms with Gasteiger partial charge in [0.25, 0.3) is 5.91 Å². The van der Waals surface area contributed by atoms with E-state index in [1.54, 1.807) is 61.1 Å². The van der Waals surface area contributed by atoms with Crippen LogP contribution in [0.1, 0.15) is 6.42 Å². The Morgan fingerprint density at radius 3 is 2.41 bits per heavy atom. The number of hydrogen-bond donors (Lipinski definition) is 1. The van der Waals surface area contributed by atoms with Crippen molar-refractivity contribution in [3.05, 3.63) is 78.8 Å². The van der Waals surface area contributed by atoms with Crippen LogP contribution in [0.5, 0.6) is 0 Å². The van der Waals surface area contributed by atoms with Gasteiger partial charge in [0, 0.05) is 61.8 Å². The van der Waals surface area contributed by atoms with Gasteiger partial charge < -0.3 is 9.80 Å². The van der Waals surface area contributed by atoms with Crippen LogP contribution in [-0.4, -0.2) is 66.4 Å². The van der Waals surface area contributed by atoms with Crippen LogP contribution in [0.25, 0.3) is 10.9 Å². The number of fused-ring (bicyclic) bond motifs is 1. The summed E-state index contributed by atoms with van der Waals surface area (Å²) < 4.78 is 28.8. The molecule has 3 heterocycles. The summed E-state index contributed by atoms with van der Waals surface area (Å²) in [6.07, 6.45) is 10.6. The van der Waals surface area contributed by atoms with Gasteiger partial charge in [-0.15, -0.1) is 0 Å². The van der Waals surface area contributed by atoms with E-state index < -0.39 is 16.1 Å². The van der Waals surface area contributed by atoms with Crippen LogP contribution in [0.3, 0.4) is 0 Å². The molecule has 5 rings (SSSR count). The maximum atomic E-state index is 13.0. The Labute approximate surface area is 197 Å².